The fourth-order valence-electron chi connectivity index (χ4n) is 2.89. The van der Waals surface area contributed by atoms with Gasteiger partial charge in [-0.15, -0.1) is 0 Å². The Kier molecular flexibility index (Phi) is 5.20. The van der Waals surface area contributed by atoms with E-state index in [0.717, 1.165) is 18.1 Å². The Labute approximate surface area is 164 Å². The van der Waals surface area contributed by atoms with E-state index in [1.54, 1.807) is 18.2 Å². The Balaban J connectivity index is 1.64. The average Bonchev–Trinajstić information content (AvgIpc) is 2.98. The topological polar surface area (TPSA) is 69.2 Å². The molecule has 0 bridgehead atoms. The number of halogens is 3. The van der Waals surface area contributed by atoms with Crippen molar-refractivity contribution >= 4 is 5.82 Å². The summed E-state index contributed by atoms with van der Waals surface area (Å²) in [7, 11) is 0. The van der Waals surface area contributed by atoms with E-state index in [1.165, 1.54) is 12.4 Å². The fraction of sp³-hybridized carbons (Fsp3) is 0.250. The monoisotopic (exact) mass is 402 g/mol. The molecule has 1 N–H and O–H groups in total. The van der Waals surface area contributed by atoms with Crippen LogP contribution < -0.4 is 14.8 Å². The Morgan fingerprint density at radius 2 is 1.90 bits per heavy atom. The molecule has 3 heterocycles. The molecule has 150 valence electrons. The van der Waals surface area contributed by atoms with E-state index in [-0.39, 0.29) is 18.2 Å². The molecule has 1 aliphatic rings. The summed E-state index contributed by atoms with van der Waals surface area (Å²) < 4.78 is 51.4. The third-order valence-corrected chi connectivity index (χ3v) is 4.25. The second-order valence-corrected chi connectivity index (χ2v) is 6.35. The molecule has 0 spiro atoms. The minimum atomic E-state index is -4.60. The van der Waals surface area contributed by atoms with Crippen molar-refractivity contribution in [2.24, 2.45) is 0 Å². The molecule has 0 saturated carbocycles. The first-order valence-electron chi connectivity index (χ1n) is 8.99. The Morgan fingerprint density at radius 3 is 2.69 bits per heavy atom. The number of para-hydroxylation sites is 1. The van der Waals surface area contributed by atoms with Crippen LogP contribution in [0.15, 0.2) is 48.8 Å². The van der Waals surface area contributed by atoms with Gasteiger partial charge in [0.15, 0.2) is 23.0 Å². The number of hydrogen-bond acceptors (Lipinski definition) is 6. The highest BCUT2D eigenvalue weighted by Crippen LogP contribution is 2.34. The van der Waals surface area contributed by atoms with Crippen LogP contribution in [0.2, 0.25) is 0 Å². The zero-order valence-electron chi connectivity index (χ0n) is 15.2. The Morgan fingerprint density at radius 1 is 1.03 bits per heavy atom. The summed E-state index contributed by atoms with van der Waals surface area (Å²) in [4.78, 5) is 11.8. The first kappa shape index (κ1) is 19.0. The molecule has 6 nitrogen and oxygen atoms in total. The second kappa shape index (κ2) is 7.94. The summed E-state index contributed by atoms with van der Waals surface area (Å²) in [6.45, 7) is 1.29. The van der Waals surface area contributed by atoms with E-state index in [4.69, 9.17) is 9.47 Å². The van der Waals surface area contributed by atoms with Crippen LogP contribution in [0.1, 0.15) is 17.7 Å². The van der Waals surface area contributed by atoms with Crippen molar-refractivity contribution in [2.45, 2.75) is 19.1 Å². The lowest BCUT2D eigenvalue weighted by atomic mass is 10.2. The number of pyridine rings is 1. The molecule has 2 aromatic heterocycles. The number of fused-ring (bicyclic) bond motifs is 1. The number of nitrogens with zero attached hydrogens (tertiary/aromatic N) is 3. The highest BCUT2D eigenvalue weighted by atomic mass is 19.4. The lowest BCUT2D eigenvalue weighted by molar-refractivity contribution is -0.141. The van der Waals surface area contributed by atoms with Gasteiger partial charge in [-0.2, -0.15) is 13.2 Å². The maximum atomic E-state index is 13.3. The van der Waals surface area contributed by atoms with Crippen molar-refractivity contribution in [1.29, 1.82) is 0 Å². The van der Waals surface area contributed by atoms with Crippen molar-refractivity contribution in [3.8, 4) is 22.9 Å². The predicted octanol–water partition coefficient (Wildman–Crippen LogP) is 4.33. The first-order chi connectivity index (χ1) is 14.0. The molecule has 9 heteroatoms. The van der Waals surface area contributed by atoms with Crippen molar-refractivity contribution in [3.05, 3.63) is 60.0 Å². The fourth-order valence-corrected chi connectivity index (χ4v) is 2.89. The third-order valence-electron chi connectivity index (χ3n) is 4.25. The van der Waals surface area contributed by atoms with Gasteiger partial charge < -0.3 is 14.8 Å². The van der Waals surface area contributed by atoms with Gasteiger partial charge >= 0.3 is 6.18 Å². The van der Waals surface area contributed by atoms with E-state index in [9.17, 15) is 13.2 Å². The van der Waals surface area contributed by atoms with Gasteiger partial charge in [-0.3, -0.25) is 4.98 Å². The van der Waals surface area contributed by atoms with Gasteiger partial charge in [-0.1, -0.05) is 12.1 Å². The largest absolute Gasteiger partial charge is 0.490 e. The van der Waals surface area contributed by atoms with Gasteiger partial charge in [-0.25, -0.2) is 9.97 Å². The lowest BCUT2D eigenvalue weighted by Crippen LogP contribution is -2.12. The molecule has 0 saturated heterocycles. The molecule has 0 fully saturated rings. The number of alkyl halides is 3. The first-order valence-corrected chi connectivity index (χ1v) is 8.99. The van der Waals surface area contributed by atoms with Crippen LogP contribution >= 0.6 is 0 Å². The van der Waals surface area contributed by atoms with Crippen LogP contribution in [0.25, 0.3) is 11.4 Å². The zero-order chi connectivity index (χ0) is 20.3. The number of aromatic nitrogens is 3. The molecule has 29 heavy (non-hydrogen) atoms. The highest BCUT2D eigenvalue weighted by Gasteiger charge is 2.34. The van der Waals surface area contributed by atoms with E-state index in [1.807, 2.05) is 12.1 Å². The number of anilines is 1. The van der Waals surface area contributed by atoms with Crippen LogP contribution in [-0.2, 0) is 12.7 Å². The second-order valence-electron chi connectivity index (χ2n) is 6.35. The molecular formula is C20H17F3N4O2. The highest BCUT2D eigenvalue weighted by molar-refractivity contribution is 5.57. The van der Waals surface area contributed by atoms with Gasteiger partial charge in [0.25, 0.3) is 0 Å². The minimum absolute atomic E-state index is 0.0538. The minimum Gasteiger partial charge on any atom is -0.490 e. The quantitative estimate of drug-likeness (QED) is 0.701. The summed E-state index contributed by atoms with van der Waals surface area (Å²) in [6.07, 6.45) is -0.894. The smallest absolute Gasteiger partial charge is 0.433 e. The molecule has 0 aliphatic carbocycles. The summed E-state index contributed by atoms with van der Waals surface area (Å²) in [5.41, 5.74) is 0.131. The molecule has 0 atom stereocenters. The van der Waals surface area contributed by atoms with E-state index in [2.05, 4.69) is 20.3 Å². The van der Waals surface area contributed by atoms with E-state index < -0.39 is 11.9 Å². The predicted molar refractivity (Wildman–Crippen MR) is 99.6 cm³/mol. The third kappa shape index (κ3) is 4.39. The number of nitrogens with one attached hydrogen (secondary N) is 1. The van der Waals surface area contributed by atoms with Gasteiger partial charge in [0.1, 0.15) is 5.82 Å². The molecule has 0 radical (unpaired) electrons. The number of ether oxygens (including phenoxy) is 2. The Hall–Kier alpha value is -3.36. The van der Waals surface area contributed by atoms with Crippen LogP contribution in [0.5, 0.6) is 11.5 Å². The molecule has 0 amide bonds. The Bertz CT molecular complexity index is 997. The van der Waals surface area contributed by atoms with Crippen molar-refractivity contribution < 1.29 is 22.6 Å². The maximum Gasteiger partial charge on any atom is 0.433 e. The zero-order valence-corrected chi connectivity index (χ0v) is 15.2. The van der Waals surface area contributed by atoms with E-state index >= 15 is 0 Å². The van der Waals surface area contributed by atoms with Crippen molar-refractivity contribution in [1.82, 2.24) is 15.0 Å². The van der Waals surface area contributed by atoms with Crippen LogP contribution in [0.4, 0.5) is 19.0 Å². The molecule has 3 aromatic rings. The lowest BCUT2D eigenvalue weighted by Gasteiger charge is -2.15. The molecule has 0 unspecified atom stereocenters. The van der Waals surface area contributed by atoms with Gasteiger partial charge in [0, 0.05) is 42.6 Å². The number of hydrogen-bond donors (Lipinski definition) is 1. The number of benzene rings is 1. The summed E-state index contributed by atoms with van der Waals surface area (Å²) in [5, 5.41) is 2.95. The molecule has 1 aliphatic heterocycles. The van der Waals surface area contributed by atoms with Crippen LogP contribution in [0, 0.1) is 0 Å². The normalized spacial score (nSPS) is 13.6. The maximum absolute atomic E-state index is 13.3. The van der Waals surface area contributed by atoms with Crippen LogP contribution in [0.3, 0.4) is 0 Å². The molecule has 1 aromatic carbocycles. The van der Waals surface area contributed by atoms with E-state index in [0.29, 0.717) is 30.3 Å². The SMILES string of the molecule is FC(F)(F)c1cc(NCc2cccc3c2OCCCO3)nc(-c2cccnc2)n1. The standard InChI is InChI=1S/C20H17F3N4O2/c21-20(22,23)16-10-17(27-19(26-16)14-5-2-7-24-11-14)25-12-13-4-1-6-15-18(13)29-9-3-8-28-15/h1-2,4-7,10-11H,3,8-9,12H2,(H,25,26,27). The molecule has 4 rings (SSSR count). The van der Waals surface area contributed by atoms with Gasteiger partial charge in [0.05, 0.1) is 13.2 Å². The number of rotatable bonds is 4. The van der Waals surface area contributed by atoms with Crippen molar-refractivity contribution in [2.75, 3.05) is 18.5 Å². The summed E-state index contributed by atoms with van der Waals surface area (Å²) in [6, 6.07) is 9.55. The molecular weight excluding hydrogens is 385 g/mol. The summed E-state index contributed by atoms with van der Waals surface area (Å²) >= 11 is 0. The average molecular weight is 402 g/mol. The summed E-state index contributed by atoms with van der Waals surface area (Å²) in [5.74, 6) is 1.21. The van der Waals surface area contributed by atoms with Crippen molar-refractivity contribution in [3.63, 3.8) is 0 Å². The van der Waals surface area contributed by atoms with Gasteiger partial charge in [-0.05, 0) is 18.2 Å². The van der Waals surface area contributed by atoms with Crippen LogP contribution in [-0.4, -0.2) is 28.2 Å². The van der Waals surface area contributed by atoms with Gasteiger partial charge in [0.2, 0.25) is 0 Å².